The molecule has 1 aromatic heterocycles. The predicted molar refractivity (Wildman–Crippen MR) is 181 cm³/mol. The van der Waals surface area contributed by atoms with Gasteiger partial charge in [0.25, 0.3) is 0 Å². The lowest BCUT2D eigenvalue weighted by Gasteiger charge is -2.27. The summed E-state index contributed by atoms with van der Waals surface area (Å²) in [7, 11) is -0.306. The molecule has 6 rings (SSSR count). The number of carboxylic acid groups (broad SMARTS) is 1. The molecule has 1 fully saturated rings. The van der Waals surface area contributed by atoms with Gasteiger partial charge in [-0.25, -0.2) is 27.4 Å². The van der Waals surface area contributed by atoms with Crippen LogP contribution in [0.1, 0.15) is 35.6 Å². The zero-order valence-corrected chi connectivity index (χ0v) is 28.2. The Morgan fingerprint density at radius 2 is 1.73 bits per heavy atom. The number of halogens is 4. The molecule has 1 atom stereocenters. The number of likely N-dealkylation sites (N-methyl/N-ethyl adjacent to an activating group) is 2. The molecule has 17 heteroatoms. The molecule has 1 aliphatic heterocycles. The molecule has 0 spiro atoms. The number of rotatable bonds is 4. The van der Waals surface area contributed by atoms with Crippen molar-refractivity contribution in [2.45, 2.75) is 48.2 Å². The number of urea groups is 1. The highest BCUT2D eigenvalue weighted by Gasteiger charge is 2.39. The summed E-state index contributed by atoms with van der Waals surface area (Å²) in [5.41, 5.74) is 8.87. The van der Waals surface area contributed by atoms with Crippen LogP contribution in [0.2, 0.25) is 0 Å². The second kappa shape index (κ2) is 14.4. The van der Waals surface area contributed by atoms with Crippen molar-refractivity contribution in [1.29, 1.82) is 0 Å². The number of carbonyl (C=O) groups excluding carboxylic acids is 2. The number of alkyl halides is 3. The first-order valence-electron chi connectivity index (χ1n) is 15.6. The zero-order valence-electron chi connectivity index (χ0n) is 27.4. The molecule has 1 aliphatic carbocycles. The van der Waals surface area contributed by atoms with E-state index in [0.717, 1.165) is 11.8 Å². The number of amides is 3. The Balaban J connectivity index is 0.000000654. The average molecular weight is 731 g/mol. The monoisotopic (exact) mass is 730 g/mol. The third-order valence-corrected chi connectivity index (χ3v) is 10.8. The molecule has 4 aromatic rings. The molecule has 0 saturated heterocycles. The Morgan fingerprint density at radius 1 is 1.02 bits per heavy atom. The number of hydrogen-bond donors (Lipinski definition) is 4. The highest BCUT2D eigenvalue weighted by Crippen LogP contribution is 2.36. The molecule has 270 valence electrons. The second-order valence-electron chi connectivity index (χ2n) is 12.2. The normalized spacial score (nSPS) is 17.1. The van der Waals surface area contributed by atoms with Crippen molar-refractivity contribution in [3.05, 3.63) is 89.4 Å². The topological polar surface area (TPSA) is 175 Å². The summed E-state index contributed by atoms with van der Waals surface area (Å²) in [5, 5.41) is 13.5. The maximum Gasteiger partial charge on any atom is 0.490 e. The minimum absolute atomic E-state index is 0.0217. The number of nitrogen functional groups attached to an aromatic ring is 1. The van der Waals surface area contributed by atoms with Crippen molar-refractivity contribution in [3.8, 4) is 0 Å². The highest BCUT2D eigenvalue weighted by molar-refractivity contribution is 7.92. The maximum atomic E-state index is 14.7. The summed E-state index contributed by atoms with van der Waals surface area (Å²) in [5.74, 6) is -3.43. The number of aliphatic carboxylic acids is 1. The number of carboxylic acids is 1. The SMILES string of the molecule is CN1CCc2cccc(c2)[C@@H](Nc2ccc3c(N)ncc(F)c3c2)C(=O)N(C)Cc2cc(ccc2S(=O)(=O)C2CC2)NC1=O.O=C(O)C(F)(F)F. The van der Waals surface area contributed by atoms with Gasteiger partial charge in [-0.1, -0.05) is 24.3 Å². The minimum atomic E-state index is -5.08. The molecule has 3 aromatic carbocycles. The lowest BCUT2D eigenvalue weighted by molar-refractivity contribution is -0.192. The van der Waals surface area contributed by atoms with Crippen molar-refractivity contribution in [2.24, 2.45) is 0 Å². The van der Waals surface area contributed by atoms with Gasteiger partial charge >= 0.3 is 18.2 Å². The van der Waals surface area contributed by atoms with Crippen molar-refractivity contribution >= 4 is 55.7 Å². The van der Waals surface area contributed by atoms with Crippen molar-refractivity contribution < 1.29 is 45.5 Å². The predicted octanol–water partition coefficient (Wildman–Crippen LogP) is 5.36. The summed E-state index contributed by atoms with van der Waals surface area (Å²) in [6, 6.07) is 16.0. The molecule has 0 unspecified atom stereocenters. The molecule has 51 heavy (non-hydrogen) atoms. The summed E-state index contributed by atoms with van der Waals surface area (Å²) in [6.07, 6.45) is -2.30. The number of sulfone groups is 1. The minimum Gasteiger partial charge on any atom is -0.475 e. The molecule has 3 amide bonds. The molecular weight excluding hydrogens is 696 g/mol. The number of nitrogens with two attached hydrogens (primary N) is 1. The van der Waals surface area contributed by atoms with Crippen molar-refractivity contribution in [2.75, 3.05) is 37.0 Å². The standard InChI is InChI=1S/C32H33FN6O4S.C2HF3O2/c1-38-13-12-19-4-3-5-20(14-19)29(36-23-6-10-25-26(16-23)27(33)17-35-30(25)34)31(40)39(2)18-21-15-22(37-32(38)41)7-11-28(21)44(42,43)24-8-9-24;3-2(4,5)1(6)7/h3-7,10-11,14-17,24,29,36H,8-9,12-13,18H2,1-2H3,(H2,34,35)(H,37,41);(H,6,7)/t29-;/m1./s1. The van der Waals surface area contributed by atoms with Gasteiger partial charge in [0.15, 0.2) is 9.84 Å². The number of hydrogen-bond acceptors (Lipinski definition) is 8. The van der Waals surface area contributed by atoms with E-state index in [-0.39, 0.29) is 34.6 Å². The first kappa shape index (κ1) is 36.8. The smallest absolute Gasteiger partial charge is 0.475 e. The number of benzene rings is 3. The van der Waals surface area contributed by atoms with Gasteiger partial charge in [-0.3, -0.25) is 4.79 Å². The highest BCUT2D eigenvalue weighted by atomic mass is 32.2. The number of nitrogens with zero attached hydrogens (tertiary/aromatic N) is 3. The van der Waals surface area contributed by atoms with Crippen molar-refractivity contribution in [3.63, 3.8) is 0 Å². The second-order valence-corrected chi connectivity index (χ2v) is 14.4. The summed E-state index contributed by atoms with van der Waals surface area (Å²) in [4.78, 5) is 43.1. The van der Waals surface area contributed by atoms with Crippen LogP contribution in [0, 0.1) is 5.82 Å². The number of pyridine rings is 1. The Labute approximate surface area is 290 Å². The van der Waals surface area contributed by atoms with E-state index < -0.39 is 39.1 Å². The third kappa shape index (κ3) is 8.48. The number of fused-ring (bicyclic) bond motifs is 5. The van der Waals surface area contributed by atoms with Gasteiger partial charge in [-0.2, -0.15) is 13.2 Å². The molecule has 0 radical (unpaired) electrons. The fourth-order valence-corrected chi connectivity index (χ4v) is 7.35. The van der Waals surface area contributed by atoms with E-state index in [4.69, 9.17) is 15.6 Å². The van der Waals surface area contributed by atoms with E-state index in [9.17, 15) is 35.6 Å². The van der Waals surface area contributed by atoms with E-state index in [2.05, 4.69) is 15.6 Å². The number of aromatic nitrogens is 1. The Kier molecular flexibility index (Phi) is 10.4. The van der Waals surface area contributed by atoms with Gasteiger partial charge in [-0.05, 0) is 72.4 Å². The average Bonchev–Trinajstić information content (AvgIpc) is 3.94. The van der Waals surface area contributed by atoms with Crippen LogP contribution in [0.15, 0.2) is 71.8 Å². The quantitative estimate of drug-likeness (QED) is 0.202. The molecule has 2 aliphatic rings. The van der Waals surface area contributed by atoms with Crippen molar-refractivity contribution in [1.82, 2.24) is 14.8 Å². The molecule has 5 N–H and O–H groups in total. The summed E-state index contributed by atoms with van der Waals surface area (Å²) < 4.78 is 73.2. The molecule has 12 nitrogen and oxygen atoms in total. The van der Waals surface area contributed by atoms with Gasteiger partial charge in [0.1, 0.15) is 17.7 Å². The maximum absolute atomic E-state index is 14.7. The Morgan fingerprint density at radius 3 is 2.39 bits per heavy atom. The van der Waals surface area contributed by atoms with Crippen LogP contribution in [0.5, 0.6) is 0 Å². The van der Waals surface area contributed by atoms with Gasteiger partial charge in [-0.15, -0.1) is 0 Å². The summed E-state index contributed by atoms with van der Waals surface area (Å²) >= 11 is 0. The Hall–Kier alpha value is -5.45. The van der Waals surface area contributed by atoms with E-state index >= 15 is 0 Å². The molecular formula is C34H34F4N6O6S. The first-order chi connectivity index (χ1) is 23.9. The van der Waals surface area contributed by atoms with Crippen LogP contribution in [0.25, 0.3) is 10.8 Å². The lowest BCUT2D eigenvalue weighted by atomic mass is 10.00. The number of carbonyl (C=O) groups is 3. The van der Waals surface area contributed by atoms with Gasteiger partial charge in [0.05, 0.1) is 16.3 Å². The van der Waals surface area contributed by atoms with Crippen LogP contribution >= 0.6 is 0 Å². The third-order valence-electron chi connectivity index (χ3n) is 8.40. The largest absolute Gasteiger partial charge is 0.490 e. The van der Waals surface area contributed by atoms with Crippen LogP contribution in [-0.4, -0.2) is 78.3 Å². The molecule has 4 bridgehead atoms. The van der Waals surface area contributed by atoms with Gasteiger partial charge in [0.2, 0.25) is 5.91 Å². The van der Waals surface area contributed by atoms with E-state index in [0.29, 0.717) is 53.7 Å². The van der Waals surface area contributed by atoms with E-state index in [1.165, 1.54) is 11.0 Å². The fraction of sp³-hybridized carbons (Fsp3) is 0.294. The Bertz CT molecular complexity index is 2110. The molecule has 2 heterocycles. The first-order valence-corrected chi connectivity index (χ1v) is 17.1. The van der Waals surface area contributed by atoms with Crippen LogP contribution in [0.4, 0.5) is 39.5 Å². The van der Waals surface area contributed by atoms with E-state index in [1.807, 2.05) is 24.3 Å². The van der Waals surface area contributed by atoms with Crippen LogP contribution in [-0.2, 0) is 32.4 Å². The lowest BCUT2D eigenvalue weighted by Crippen LogP contribution is -2.35. The number of anilines is 3. The van der Waals surface area contributed by atoms with Gasteiger partial charge < -0.3 is 31.3 Å². The number of nitrogens with one attached hydrogen (secondary N) is 2. The molecule has 1 saturated carbocycles. The fourth-order valence-electron chi connectivity index (χ4n) is 5.49. The van der Waals surface area contributed by atoms with Gasteiger partial charge in [0, 0.05) is 49.3 Å². The van der Waals surface area contributed by atoms with Crippen LogP contribution < -0.4 is 16.4 Å². The summed E-state index contributed by atoms with van der Waals surface area (Å²) in [6.45, 7) is 0.383. The van der Waals surface area contributed by atoms with Crippen LogP contribution in [0.3, 0.4) is 0 Å². The van der Waals surface area contributed by atoms with E-state index in [1.54, 1.807) is 49.3 Å². The zero-order chi connectivity index (χ0) is 37.2.